The van der Waals surface area contributed by atoms with Gasteiger partial charge in [0.05, 0.1) is 0 Å². The number of benzene rings is 1. The van der Waals surface area contributed by atoms with E-state index in [-0.39, 0.29) is 6.61 Å². The SMILES string of the molecule is CCCCNC(=O)C(COC(C)=O)(C(=O)NCCCC)c1ccccc1. The van der Waals surface area contributed by atoms with E-state index in [0.29, 0.717) is 18.7 Å². The minimum atomic E-state index is -1.60. The number of carbonyl (C=O) groups excluding carboxylic acids is 3. The Balaban J connectivity index is 3.24. The maximum Gasteiger partial charge on any atom is 0.302 e. The van der Waals surface area contributed by atoms with Crippen LogP contribution in [-0.2, 0) is 24.5 Å². The highest BCUT2D eigenvalue weighted by molar-refractivity contribution is 6.11. The van der Waals surface area contributed by atoms with Gasteiger partial charge in [0, 0.05) is 20.0 Å². The molecule has 0 aromatic heterocycles. The zero-order chi connectivity index (χ0) is 19.4. The first-order valence-corrected chi connectivity index (χ1v) is 9.24. The molecule has 0 bridgehead atoms. The summed E-state index contributed by atoms with van der Waals surface area (Å²) in [6.45, 7) is 5.90. The van der Waals surface area contributed by atoms with Gasteiger partial charge in [-0.05, 0) is 18.4 Å². The summed E-state index contributed by atoms with van der Waals surface area (Å²) < 4.78 is 5.16. The molecular formula is C20H30N2O4. The number of hydrogen-bond donors (Lipinski definition) is 2. The van der Waals surface area contributed by atoms with E-state index in [1.807, 2.05) is 19.9 Å². The highest BCUT2D eigenvalue weighted by atomic mass is 16.5. The fourth-order valence-corrected chi connectivity index (χ4v) is 2.57. The molecule has 0 fully saturated rings. The van der Waals surface area contributed by atoms with Crippen LogP contribution in [0.5, 0.6) is 0 Å². The van der Waals surface area contributed by atoms with Crippen LogP contribution < -0.4 is 10.6 Å². The Labute approximate surface area is 155 Å². The second-order valence-corrected chi connectivity index (χ2v) is 6.27. The van der Waals surface area contributed by atoms with E-state index >= 15 is 0 Å². The molecule has 2 amide bonds. The largest absolute Gasteiger partial charge is 0.464 e. The molecule has 1 rings (SSSR count). The van der Waals surface area contributed by atoms with Crippen molar-refractivity contribution in [2.45, 2.75) is 51.9 Å². The zero-order valence-corrected chi connectivity index (χ0v) is 16.0. The van der Waals surface area contributed by atoms with Crippen molar-refractivity contribution in [1.82, 2.24) is 10.6 Å². The maximum atomic E-state index is 13.1. The minimum Gasteiger partial charge on any atom is -0.464 e. The zero-order valence-electron chi connectivity index (χ0n) is 16.0. The van der Waals surface area contributed by atoms with Gasteiger partial charge in [-0.15, -0.1) is 0 Å². The molecule has 0 saturated heterocycles. The molecule has 1 aromatic carbocycles. The summed E-state index contributed by atoms with van der Waals surface area (Å²) in [5.41, 5.74) is -1.10. The van der Waals surface area contributed by atoms with Gasteiger partial charge in [0.2, 0.25) is 11.8 Å². The molecule has 144 valence electrons. The van der Waals surface area contributed by atoms with Gasteiger partial charge in [-0.2, -0.15) is 0 Å². The van der Waals surface area contributed by atoms with Crippen LogP contribution in [0, 0.1) is 0 Å². The van der Waals surface area contributed by atoms with Crippen LogP contribution in [0.1, 0.15) is 52.0 Å². The topological polar surface area (TPSA) is 84.5 Å². The summed E-state index contributed by atoms with van der Waals surface area (Å²) >= 11 is 0. The summed E-state index contributed by atoms with van der Waals surface area (Å²) in [6.07, 6.45) is 3.46. The number of ether oxygens (including phenoxy) is 1. The molecular weight excluding hydrogens is 332 g/mol. The van der Waals surface area contributed by atoms with Gasteiger partial charge in [-0.3, -0.25) is 14.4 Å². The normalized spacial score (nSPS) is 10.9. The van der Waals surface area contributed by atoms with Crippen molar-refractivity contribution >= 4 is 17.8 Å². The summed E-state index contributed by atoms with van der Waals surface area (Å²) in [5, 5.41) is 5.65. The molecule has 6 nitrogen and oxygen atoms in total. The highest BCUT2D eigenvalue weighted by Gasteiger charge is 2.48. The average Bonchev–Trinajstić information content (AvgIpc) is 2.63. The Kier molecular flexibility index (Phi) is 9.41. The fourth-order valence-electron chi connectivity index (χ4n) is 2.57. The summed E-state index contributed by atoms with van der Waals surface area (Å²) in [4.78, 5) is 37.5. The van der Waals surface area contributed by atoms with Gasteiger partial charge in [-0.25, -0.2) is 0 Å². The number of nitrogens with one attached hydrogen (secondary N) is 2. The van der Waals surface area contributed by atoms with Gasteiger partial charge >= 0.3 is 5.97 Å². The van der Waals surface area contributed by atoms with Gasteiger partial charge in [0.15, 0.2) is 5.41 Å². The van der Waals surface area contributed by atoms with Gasteiger partial charge in [-0.1, -0.05) is 57.0 Å². The van der Waals surface area contributed by atoms with E-state index in [1.54, 1.807) is 24.3 Å². The molecule has 0 atom stereocenters. The third kappa shape index (κ3) is 5.86. The number of esters is 1. The summed E-state index contributed by atoms with van der Waals surface area (Å²) in [7, 11) is 0. The molecule has 0 unspecified atom stereocenters. The molecule has 26 heavy (non-hydrogen) atoms. The van der Waals surface area contributed by atoms with Crippen LogP contribution in [0.25, 0.3) is 0 Å². The van der Waals surface area contributed by atoms with Crippen molar-refractivity contribution in [3.8, 4) is 0 Å². The molecule has 0 aliphatic carbocycles. The average molecular weight is 362 g/mol. The third-order valence-electron chi connectivity index (χ3n) is 4.17. The maximum absolute atomic E-state index is 13.1. The van der Waals surface area contributed by atoms with Gasteiger partial charge in [0.25, 0.3) is 0 Å². The van der Waals surface area contributed by atoms with E-state index in [4.69, 9.17) is 4.74 Å². The third-order valence-corrected chi connectivity index (χ3v) is 4.17. The van der Waals surface area contributed by atoms with E-state index in [2.05, 4.69) is 10.6 Å². The molecule has 0 saturated carbocycles. The van der Waals surface area contributed by atoms with Crippen molar-refractivity contribution < 1.29 is 19.1 Å². The fraction of sp³-hybridized carbons (Fsp3) is 0.550. The van der Waals surface area contributed by atoms with Crippen LogP contribution in [0.4, 0.5) is 0 Å². The standard InChI is InChI=1S/C20H30N2O4/c1-4-6-13-21-18(24)20(15-26-16(3)23,17-11-9-8-10-12-17)19(25)22-14-7-5-2/h8-12H,4-7,13-15H2,1-3H3,(H,21,24)(H,22,25). The number of amides is 2. The molecule has 0 aliphatic rings. The second kappa shape index (κ2) is 11.3. The molecule has 0 heterocycles. The monoisotopic (exact) mass is 362 g/mol. The van der Waals surface area contributed by atoms with Crippen molar-refractivity contribution in [3.63, 3.8) is 0 Å². The molecule has 2 N–H and O–H groups in total. The van der Waals surface area contributed by atoms with Gasteiger partial charge in [0.1, 0.15) is 6.61 Å². The first-order valence-electron chi connectivity index (χ1n) is 9.24. The number of unbranched alkanes of at least 4 members (excludes halogenated alkanes) is 2. The highest BCUT2D eigenvalue weighted by Crippen LogP contribution is 2.26. The van der Waals surface area contributed by atoms with Crippen LogP contribution >= 0.6 is 0 Å². The van der Waals surface area contributed by atoms with E-state index in [0.717, 1.165) is 25.7 Å². The smallest absolute Gasteiger partial charge is 0.302 e. The number of carbonyl (C=O) groups is 3. The van der Waals surface area contributed by atoms with Crippen molar-refractivity contribution in [3.05, 3.63) is 35.9 Å². The van der Waals surface area contributed by atoms with Crippen molar-refractivity contribution in [2.24, 2.45) is 0 Å². The quantitative estimate of drug-likeness (QED) is 0.359. The van der Waals surface area contributed by atoms with Crippen LogP contribution in [-0.4, -0.2) is 37.5 Å². The Morgan fingerprint density at radius 1 is 0.923 bits per heavy atom. The lowest BCUT2D eigenvalue weighted by atomic mass is 9.79. The predicted molar refractivity (Wildman–Crippen MR) is 101 cm³/mol. The molecule has 1 aromatic rings. The van der Waals surface area contributed by atoms with E-state index in [9.17, 15) is 14.4 Å². The Hall–Kier alpha value is -2.37. The Morgan fingerprint density at radius 3 is 1.85 bits per heavy atom. The first-order chi connectivity index (χ1) is 12.5. The van der Waals surface area contributed by atoms with Crippen molar-refractivity contribution in [1.29, 1.82) is 0 Å². The lowest BCUT2D eigenvalue weighted by Crippen LogP contribution is -2.58. The Morgan fingerprint density at radius 2 is 1.42 bits per heavy atom. The number of hydrogen-bond acceptors (Lipinski definition) is 4. The molecule has 0 radical (unpaired) electrons. The lowest BCUT2D eigenvalue weighted by molar-refractivity contribution is -0.149. The van der Waals surface area contributed by atoms with Crippen molar-refractivity contribution in [2.75, 3.05) is 19.7 Å². The van der Waals surface area contributed by atoms with E-state index < -0.39 is 23.2 Å². The summed E-state index contributed by atoms with van der Waals surface area (Å²) in [5.74, 6) is -1.44. The predicted octanol–water partition coefficient (Wildman–Crippen LogP) is 2.32. The first kappa shape index (κ1) is 21.7. The van der Waals surface area contributed by atoms with Crippen LogP contribution in [0.15, 0.2) is 30.3 Å². The van der Waals surface area contributed by atoms with Crippen LogP contribution in [0.3, 0.4) is 0 Å². The Bertz CT molecular complexity index is 565. The molecule has 0 aliphatic heterocycles. The van der Waals surface area contributed by atoms with Crippen LogP contribution in [0.2, 0.25) is 0 Å². The second-order valence-electron chi connectivity index (χ2n) is 6.27. The minimum absolute atomic E-state index is 0.331. The van der Waals surface area contributed by atoms with Gasteiger partial charge < -0.3 is 15.4 Å². The van der Waals surface area contributed by atoms with E-state index in [1.165, 1.54) is 6.92 Å². The molecule has 0 spiro atoms. The number of rotatable bonds is 11. The lowest BCUT2D eigenvalue weighted by Gasteiger charge is -2.31. The summed E-state index contributed by atoms with van der Waals surface area (Å²) in [6, 6.07) is 8.75. The molecule has 6 heteroatoms.